The van der Waals surface area contributed by atoms with Crippen LogP contribution in [0.3, 0.4) is 0 Å². The van der Waals surface area contributed by atoms with E-state index in [2.05, 4.69) is 0 Å². The predicted octanol–water partition coefficient (Wildman–Crippen LogP) is 3.99. The zero-order valence-electron chi connectivity index (χ0n) is 8.77. The summed E-state index contributed by atoms with van der Waals surface area (Å²) in [5, 5.41) is 0.738. The first-order valence-corrected chi connectivity index (χ1v) is 5.00. The first-order valence-electron chi connectivity index (χ1n) is 5.00. The van der Waals surface area contributed by atoms with Gasteiger partial charge in [0, 0.05) is 10.8 Å². The average Bonchev–Trinajstić information content (AvgIpc) is 2.25. The highest BCUT2D eigenvalue weighted by Gasteiger charge is 2.09. The normalized spacial score (nSPS) is 10.9. The molecule has 0 radical (unpaired) electrons. The summed E-state index contributed by atoms with van der Waals surface area (Å²) < 4.78 is 27.2. The van der Waals surface area contributed by atoms with Gasteiger partial charge in [-0.15, -0.1) is 0 Å². The number of halogens is 2. The van der Waals surface area contributed by atoms with Crippen molar-refractivity contribution >= 4 is 10.8 Å². The quantitative estimate of drug-likeness (QED) is 0.661. The Kier molecular flexibility index (Phi) is 2.43. The largest absolute Gasteiger partial charge is 0.206 e. The van der Waals surface area contributed by atoms with E-state index < -0.39 is 0 Å². The molecule has 0 fully saturated rings. The second-order valence-corrected chi connectivity index (χ2v) is 3.72. The van der Waals surface area contributed by atoms with E-state index in [-0.39, 0.29) is 11.6 Å². The number of hydrogen-bond donors (Lipinski definition) is 0. The van der Waals surface area contributed by atoms with Gasteiger partial charge in [0.15, 0.2) is 0 Å². The van der Waals surface area contributed by atoms with Crippen molar-refractivity contribution in [2.24, 2.45) is 0 Å². The fraction of sp³-hybridized carbons (Fsp3) is 0.231. The van der Waals surface area contributed by atoms with Crippen molar-refractivity contribution < 1.29 is 8.78 Å². The lowest BCUT2D eigenvalue weighted by atomic mass is 10.0. The third-order valence-electron chi connectivity index (χ3n) is 2.68. The Labute approximate surface area is 87.5 Å². The molecular weight excluding hydrogens is 194 g/mol. The van der Waals surface area contributed by atoms with Crippen LogP contribution in [-0.4, -0.2) is 0 Å². The van der Waals surface area contributed by atoms with Crippen molar-refractivity contribution in [3.05, 3.63) is 47.0 Å². The van der Waals surface area contributed by atoms with Gasteiger partial charge in [-0.05, 0) is 36.6 Å². The number of rotatable bonds is 1. The summed E-state index contributed by atoms with van der Waals surface area (Å²) in [7, 11) is 0. The molecule has 0 heterocycles. The van der Waals surface area contributed by atoms with Crippen LogP contribution in [0, 0.1) is 18.6 Å². The van der Waals surface area contributed by atoms with Crippen LogP contribution in [0.2, 0.25) is 0 Å². The molecule has 0 spiro atoms. The minimum absolute atomic E-state index is 0.325. The van der Waals surface area contributed by atoms with Gasteiger partial charge >= 0.3 is 0 Å². The van der Waals surface area contributed by atoms with Crippen LogP contribution in [0.1, 0.15) is 18.1 Å². The van der Waals surface area contributed by atoms with E-state index in [1.54, 1.807) is 19.1 Å². The second kappa shape index (κ2) is 3.61. The monoisotopic (exact) mass is 206 g/mol. The predicted molar refractivity (Wildman–Crippen MR) is 58.0 cm³/mol. The van der Waals surface area contributed by atoms with Gasteiger partial charge in [0.2, 0.25) is 0 Å². The molecule has 0 N–H and O–H groups in total. The highest BCUT2D eigenvalue weighted by molar-refractivity contribution is 5.85. The van der Waals surface area contributed by atoms with Crippen molar-refractivity contribution in [3.63, 3.8) is 0 Å². The topological polar surface area (TPSA) is 0 Å². The highest BCUT2D eigenvalue weighted by atomic mass is 19.1. The van der Waals surface area contributed by atoms with Crippen LogP contribution in [0.25, 0.3) is 10.8 Å². The first kappa shape index (κ1) is 10.1. The minimum Gasteiger partial charge on any atom is -0.206 e. The van der Waals surface area contributed by atoms with Crippen LogP contribution in [0.4, 0.5) is 8.78 Å². The van der Waals surface area contributed by atoms with Crippen LogP contribution in [0.15, 0.2) is 24.3 Å². The molecule has 0 aliphatic heterocycles. The van der Waals surface area contributed by atoms with Gasteiger partial charge in [-0.2, -0.15) is 0 Å². The molecule has 78 valence electrons. The minimum atomic E-state index is -0.348. The zero-order valence-corrected chi connectivity index (χ0v) is 8.77. The van der Waals surface area contributed by atoms with Crippen molar-refractivity contribution in [1.29, 1.82) is 0 Å². The van der Waals surface area contributed by atoms with Gasteiger partial charge in [0.25, 0.3) is 0 Å². The molecule has 2 aromatic carbocycles. The molecule has 2 heteroatoms. The smallest absolute Gasteiger partial charge is 0.134 e. The Morgan fingerprint density at radius 3 is 2.47 bits per heavy atom. The van der Waals surface area contributed by atoms with Gasteiger partial charge in [0.05, 0.1) is 0 Å². The average molecular weight is 206 g/mol. The molecule has 0 aliphatic rings. The van der Waals surface area contributed by atoms with Gasteiger partial charge < -0.3 is 0 Å². The highest BCUT2D eigenvalue weighted by Crippen LogP contribution is 2.25. The maximum Gasteiger partial charge on any atom is 0.134 e. The van der Waals surface area contributed by atoms with Crippen LogP contribution in [0.5, 0.6) is 0 Å². The van der Waals surface area contributed by atoms with Crippen LogP contribution < -0.4 is 0 Å². The van der Waals surface area contributed by atoms with Crippen molar-refractivity contribution in [2.75, 3.05) is 0 Å². The molecule has 0 saturated heterocycles. The molecular formula is C13H12F2. The first-order chi connectivity index (χ1) is 7.13. The van der Waals surface area contributed by atoms with Crippen LogP contribution >= 0.6 is 0 Å². The summed E-state index contributed by atoms with van der Waals surface area (Å²) >= 11 is 0. The molecule has 0 nitrogen and oxygen atoms in total. The molecule has 2 rings (SSSR count). The van der Waals surface area contributed by atoms with Crippen molar-refractivity contribution in [1.82, 2.24) is 0 Å². The molecule has 0 unspecified atom stereocenters. The van der Waals surface area contributed by atoms with E-state index >= 15 is 0 Å². The summed E-state index contributed by atoms with van der Waals surface area (Å²) in [5.74, 6) is -0.673. The Morgan fingerprint density at radius 2 is 1.80 bits per heavy atom. The fourth-order valence-corrected chi connectivity index (χ4v) is 1.74. The van der Waals surface area contributed by atoms with Crippen molar-refractivity contribution in [2.45, 2.75) is 20.3 Å². The fourth-order valence-electron chi connectivity index (χ4n) is 1.74. The lowest BCUT2D eigenvalue weighted by molar-refractivity contribution is 0.610. The van der Waals surface area contributed by atoms with E-state index in [1.165, 1.54) is 6.07 Å². The van der Waals surface area contributed by atoms with Gasteiger partial charge in [-0.25, -0.2) is 8.78 Å². The molecule has 0 amide bonds. The number of hydrogen-bond acceptors (Lipinski definition) is 0. The van der Waals surface area contributed by atoms with E-state index in [1.807, 2.05) is 13.0 Å². The number of fused-ring (bicyclic) bond motifs is 1. The maximum atomic E-state index is 13.6. The molecule has 0 atom stereocenters. The van der Waals surface area contributed by atoms with E-state index in [0.717, 1.165) is 12.0 Å². The molecule has 15 heavy (non-hydrogen) atoms. The second-order valence-electron chi connectivity index (χ2n) is 3.72. The summed E-state index contributed by atoms with van der Waals surface area (Å²) in [6.07, 6.45) is 0.824. The lowest BCUT2D eigenvalue weighted by Gasteiger charge is -2.06. The van der Waals surface area contributed by atoms with E-state index in [4.69, 9.17) is 0 Å². The Hall–Kier alpha value is -1.44. The van der Waals surface area contributed by atoms with E-state index in [9.17, 15) is 8.78 Å². The summed E-state index contributed by atoms with van der Waals surface area (Å²) in [6.45, 7) is 3.56. The maximum absolute atomic E-state index is 13.6. The summed E-state index contributed by atoms with van der Waals surface area (Å²) in [4.78, 5) is 0. The van der Waals surface area contributed by atoms with Crippen molar-refractivity contribution in [3.8, 4) is 0 Å². The van der Waals surface area contributed by atoms with Crippen LogP contribution in [-0.2, 0) is 6.42 Å². The third kappa shape index (κ3) is 1.60. The summed E-state index contributed by atoms with van der Waals surface area (Å²) in [5.41, 5.74) is 1.37. The Morgan fingerprint density at radius 1 is 1.07 bits per heavy atom. The lowest BCUT2D eigenvalue weighted by Crippen LogP contribution is -1.91. The van der Waals surface area contributed by atoms with Gasteiger partial charge in [-0.1, -0.05) is 19.1 Å². The zero-order chi connectivity index (χ0) is 11.0. The number of aryl methyl sites for hydroxylation is 2. The Bertz CT molecular complexity index is 515. The molecule has 0 bridgehead atoms. The Balaban J connectivity index is 2.84. The standard InChI is InChI=1S/C13H12F2/c1-3-9-4-5-10-11(7-9)12(14)6-8(2)13(10)15/h4-7H,3H2,1-2H3. The van der Waals surface area contributed by atoms with Gasteiger partial charge in [0.1, 0.15) is 11.6 Å². The molecule has 0 aromatic heterocycles. The van der Waals surface area contributed by atoms with E-state index in [0.29, 0.717) is 16.3 Å². The number of benzene rings is 2. The molecule has 2 aromatic rings. The SMILES string of the molecule is CCc1ccc2c(F)c(C)cc(F)c2c1. The molecule has 0 aliphatic carbocycles. The third-order valence-corrected chi connectivity index (χ3v) is 2.68. The molecule has 0 saturated carbocycles. The summed E-state index contributed by atoms with van der Waals surface area (Å²) in [6, 6.07) is 6.45. The van der Waals surface area contributed by atoms with Gasteiger partial charge in [-0.3, -0.25) is 0 Å².